The fourth-order valence-corrected chi connectivity index (χ4v) is 2.45. The maximum atomic E-state index is 5.44. The van der Waals surface area contributed by atoms with E-state index in [-0.39, 0.29) is 0 Å². The van der Waals surface area contributed by atoms with Crippen LogP contribution in [0.1, 0.15) is 30.2 Å². The standard InChI is InChI=1S/C17H23NO/c1-3-18-16(13-17-8-5-11-19-17)10-9-15-7-4-6-14(2)12-15/h4-8,11-12,16,18H,3,9-10,13H2,1-2H3. The monoisotopic (exact) mass is 257 g/mol. The molecule has 1 aromatic carbocycles. The molecular formula is C17H23NO. The van der Waals surface area contributed by atoms with Crippen LogP contribution in [0.15, 0.2) is 47.1 Å². The molecule has 102 valence electrons. The molecule has 1 unspecified atom stereocenters. The van der Waals surface area contributed by atoms with Gasteiger partial charge in [-0.05, 0) is 44.0 Å². The Kier molecular flexibility index (Phi) is 5.22. The van der Waals surface area contributed by atoms with Gasteiger partial charge in [0.15, 0.2) is 0 Å². The lowest BCUT2D eigenvalue weighted by Crippen LogP contribution is -2.31. The maximum Gasteiger partial charge on any atom is 0.105 e. The van der Waals surface area contributed by atoms with E-state index in [0.717, 1.165) is 31.6 Å². The first kappa shape index (κ1) is 13.9. The SMILES string of the molecule is CCNC(CCc1cccc(C)c1)Cc1ccco1. The Morgan fingerprint density at radius 2 is 2.11 bits per heavy atom. The molecule has 0 radical (unpaired) electrons. The van der Waals surface area contributed by atoms with Gasteiger partial charge in [0.25, 0.3) is 0 Å². The lowest BCUT2D eigenvalue weighted by molar-refractivity contribution is 0.430. The van der Waals surface area contributed by atoms with Crippen LogP contribution in [-0.4, -0.2) is 12.6 Å². The summed E-state index contributed by atoms with van der Waals surface area (Å²) < 4.78 is 5.44. The molecule has 2 nitrogen and oxygen atoms in total. The Labute approximate surface area is 115 Å². The molecule has 0 aliphatic rings. The van der Waals surface area contributed by atoms with Crippen LogP contribution in [0, 0.1) is 6.92 Å². The highest BCUT2D eigenvalue weighted by Crippen LogP contribution is 2.12. The lowest BCUT2D eigenvalue weighted by atomic mass is 10.0. The van der Waals surface area contributed by atoms with Crippen molar-refractivity contribution in [1.82, 2.24) is 5.32 Å². The van der Waals surface area contributed by atoms with Crippen molar-refractivity contribution < 1.29 is 4.42 Å². The van der Waals surface area contributed by atoms with Crippen LogP contribution in [0.2, 0.25) is 0 Å². The van der Waals surface area contributed by atoms with Gasteiger partial charge in [0.05, 0.1) is 6.26 Å². The molecule has 0 bridgehead atoms. The molecule has 1 heterocycles. The van der Waals surface area contributed by atoms with E-state index in [4.69, 9.17) is 4.42 Å². The number of hydrogen-bond donors (Lipinski definition) is 1. The number of benzene rings is 1. The second-order valence-electron chi connectivity index (χ2n) is 5.07. The van der Waals surface area contributed by atoms with Crippen molar-refractivity contribution in [1.29, 1.82) is 0 Å². The van der Waals surface area contributed by atoms with E-state index in [1.165, 1.54) is 11.1 Å². The van der Waals surface area contributed by atoms with Crippen molar-refractivity contribution in [2.45, 2.75) is 39.2 Å². The van der Waals surface area contributed by atoms with Crippen molar-refractivity contribution in [2.24, 2.45) is 0 Å². The fourth-order valence-electron chi connectivity index (χ4n) is 2.45. The number of furan rings is 1. The Bertz CT molecular complexity index is 476. The van der Waals surface area contributed by atoms with Gasteiger partial charge in [0.2, 0.25) is 0 Å². The first-order valence-electron chi connectivity index (χ1n) is 7.09. The largest absolute Gasteiger partial charge is 0.469 e. The molecule has 0 saturated heterocycles. The van der Waals surface area contributed by atoms with Gasteiger partial charge in [-0.25, -0.2) is 0 Å². The van der Waals surface area contributed by atoms with E-state index in [1.54, 1.807) is 6.26 Å². The summed E-state index contributed by atoms with van der Waals surface area (Å²) in [6, 6.07) is 13.3. The second kappa shape index (κ2) is 7.15. The molecule has 0 spiro atoms. The van der Waals surface area contributed by atoms with E-state index in [1.807, 2.05) is 6.07 Å². The van der Waals surface area contributed by atoms with Crippen molar-refractivity contribution in [3.05, 3.63) is 59.5 Å². The molecule has 0 saturated carbocycles. The third kappa shape index (κ3) is 4.56. The summed E-state index contributed by atoms with van der Waals surface area (Å²) in [5.74, 6) is 1.06. The molecule has 2 heteroatoms. The predicted molar refractivity (Wildman–Crippen MR) is 79.4 cm³/mol. The number of nitrogens with one attached hydrogen (secondary N) is 1. The van der Waals surface area contributed by atoms with E-state index in [0.29, 0.717) is 6.04 Å². The minimum Gasteiger partial charge on any atom is -0.469 e. The quantitative estimate of drug-likeness (QED) is 0.817. The molecule has 0 aliphatic heterocycles. The summed E-state index contributed by atoms with van der Waals surface area (Å²) in [6.07, 6.45) is 4.96. The molecule has 1 atom stereocenters. The normalized spacial score (nSPS) is 12.5. The van der Waals surface area contributed by atoms with Gasteiger partial charge in [-0.3, -0.25) is 0 Å². The van der Waals surface area contributed by atoms with Gasteiger partial charge in [0.1, 0.15) is 5.76 Å². The predicted octanol–water partition coefficient (Wildman–Crippen LogP) is 3.74. The summed E-state index contributed by atoms with van der Waals surface area (Å²) in [6.45, 7) is 5.30. The lowest BCUT2D eigenvalue weighted by Gasteiger charge is -2.16. The topological polar surface area (TPSA) is 25.2 Å². The van der Waals surface area contributed by atoms with Crippen LogP contribution in [0.4, 0.5) is 0 Å². The zero-order valence-corrected chi connectivity index (χ0v) is 11.9. The number of likely N-dealkylation sites (N-methyl/N-ethyl adjacent to an activating group) is 1. The Hall–Kier alpha value is -1.54. The molecule has 0 amide bonds. The Morgan fingerprint density at radius 1 is 1.21 bits per heavy atom. The van der Waals surface area contributed by atoms with Gasteiger partial charge in [0, 0.05) is 12.5 Å². The molecule has 1 N–H and O–H groups in total. The molecule has 1 aromatic heterocycles. The first-order chi connectivity index (χ1) is 9.28. The second-order valence-corrected chi connectivity index (χ2v) is 5.07. The minimum atomic E-state index is 0.483. The number of hydrogen-bond acceptors (Lipinski definition) is 2. The van der Waals surface area contributed by atoms with Gasteiger partial charge < -0.3 is 9.73 Å². The van der Waals surface area contributed by atoms with Crippen molar-refractivity contribution in [2.75, 3.05) is 6.54 Å². The van der Waals surface area contributed by atoms with Crippen LogP contribution in [0.3, 0.4) is 0 Å². The van der Waals surface area contributed by atoms with Gasteiger partial charge in [-0.1, -0.05) is 36.8 Å². The summed E-state index contributed by atoms with van der Waals surface area (Å²) in [4.78, 5) is 0. The summed E-state index contributed by atoms with van der Waals surface area (Å²) in [5, 5.41) is 3.55. The van der Waals surface area contributed by atoms with E-state index in [2.05, 4.69) is 49.5 Å². The van der Waals surface area contributed by atoms with Crippen LogP contribution in [-0.2, 0) is 12.8 Å². The number of rotatable bonds is 7. The van der Waals surface area contributed by atoms with Crippen molar-refractivity contribution in [3.8, 4) is 0 Å². The van der Waals surface area contributed by atoms with Gasteiger partial charge in [-0.2, -0.15) is 0 Å². The molecule has 0 fully saturated rings. The fraction of sp³-hybridized carbons (Fsp3) is 0.412. The zero-order valence-electron chi connectivity index (χ0n) is 11.9. The maximum absolute atomic E-state index is 5.44. The molecular weight excluding hydrogens is 234 g/mol. The third-order valence-electron chi connectivity index (χ3n) is 3.38. The smallest absolute Gasteiger partial charge is 0.105 e. The zero-order chi connectivity index (χ0) is 13.5. The van der Waals surface area contributed by atoms with Crippen LogP contribution < -0.4 is 5.32 Å². The molecule has 19 heavy (non-hydrogen) atoms. The first-order valence-corrected chi connectivity index (χ1v) is 7.09. The van der Waals surface area contributed by atoms with Crippen LogP contribution in [0.5, 0.6) is 0 Å². The molecule has 0 aliphatic carbocycles. The average Bonchev–Trinajstić information content (AvgIpc) is 2.89. The molecule has 2 aromatic rings. The van der Waals surface area contributed by atoms with Crippen LogP contribution >= 0.6 is 0 Å². The highest BCUT2D eigenvalue weighted by atomic mass is 16.3. The van der Waals surface area contributed by atoms with E-state index >= 15 is 0 Å². The van der Waals surface area contributed by atoms with Gasteiger partial charge in [-0.15, -0.1) is 0 Å². The van der Waals surface area contributed by atoms with Crippen molar-refractivity contribution >= 4 is 0 Å². The van der Waals surface area contributed by atoms with Crippen molar-refractivity contribution in [3.63, 3.8) is 0 Å². The average molecular weight is 257 g/mol. The summed E-state index contributed by atoms with van der Waals surface area (Å²) in [5.41, 5.74) is 2.76. The molecule has 2 rings (SSSR count). The van der Waals surface area contributed by atoms with E-state index < -0.39 is 0 Å². The van der Waals surface area contributed by atoms with Crippen LogP contribution in [0.25, 0.3) is 0 Å². The van der Waals surface area contributed by atoms with Gasteiger partial charge >= 0.3 is 0 Å². The highest BCUT2D eigenvalue weighted by molar-refractivity contribution is 5.22. The summed E-state index contributed by atoms with van der Waals surface area (Å²) >= 11 is 0. The summed E-state index contributed by atoms with van der Waals surface area (Å²) in [7, 11) is 0. The Balaban J connectivity index is 1.89. The third-order valence-corrected chi connectivity index (χ3v) is 3.38. The Morgan fingerprint density at radius 3 is 2.79 bits per heavy atom. The van der Waals surface area contributed by atoms with E-state index in [9.17, 15) is 0 Å². The number of aryl methyl sites for hydroxylation is 2. The minimum absolute atomic E-state index is 0.483. The highest BCUT2D eigenvalue weighted by Gasteiger charge is 2.10.